The van der Waals surface area contributed by atoms with Gasteiger partial charge in [-0.05, 0) is 55.8 Å². The minimum Gasteiger partial charge on any atom is -0.480 e. The zero-order valence-electron chi connectivity index (χ0n) is 18.3. The third-order valence-electron chi connectivity index (χ3n) is 6.33. The highest BCUT2D eigenvalue weighted by atomic mass is 16.6. The van der Waals surface area contributed by atoms with Crippen molar-refractivity contribution in [3.8, 4) is 5.75 Å². The van der Waals surface area contributed by atoms with Crippen LogP contribution in [0.4, 0.5) is 16.2 Å². The molecule has 0 aliphatic carbocycles. The van der Waals surface area contributed by atoms with E-state index in [1.807, 2.05) is 42.5 Å². The summed E-state index contributed by atoms with van der Waals surface area (Å²) < 4.78 is 11.2. The van der Waals surface area contributed by atoms with Gasteiger partial charge < -0.3 is 14.4 Å². The first kappa shape index (κ1) is 20.8. The van der Waals surface area contributed by atoms with Crippen LogP contribution in [0.2, 0.25) is 0 Å². The van der Waals surface area contributed by atoms with Gasteiger partial charge in [0.05, 0.1) is 12.2 Å². The van der Waals surface area contributed by atoms with Gasteiger partial charge in [0.2, 0.25) is 0 Å². The molecule has 2 aromatic rings. The second kappa shape index (κ2) is 8.80. The second-order valence-corrected chi connectivity index (χ2v) is 8.44. The molecule has 0 radical (unpaired) electrons. The maximum Gasteiger partial charge on any atom is 0.414 e. The average Bonchev–Trinajstić information content (AvgIpc) is 3.26. The largest absolute Gasteiger partial charge is 0.480 e. The lowest BCUT2D eigenvalue weighted by Crippen LogP contribution is -2.58. The van der Waals surface area contributed by atoms with Crippen LogP contribution in [0, 0.1) is 0 Å². The summed E-state index contributed by atoms with van der Waals surface area (Å²) in [6.07, 6.45) is 0.605. The lowest BCUT2D eigenvalue weighted by molar-refractivity contribution is -0.129. The Kier molecular flexibility index (Phi) is 5.71. The van der Waals surface area contributed by atoms with E-state index in [0.717, 1.165) is 55.3 Å². The zero-order chi connectivity index (χ0) is 22.1. The lowest BCUT2D eigenvalue weighted by Gasteiger charge is -2.41. The highest BCUT2D eigenvalue weighted by Gasteiger charge is 2.35. The molecule has 168 valence electrons. The van der Waals surface area contributed by atoms with Crippen molar-refractivity contribution in [1.82, 2.24) is 9.91 Å². The molecule has 2 saturated heterocycles. The fraction of sp³-hybridized carbons (Fsp3) is 0.417. The van der Waals surface area contributed by atoms with Crippen LogP contribution >= 0.6 is 0 Å². The summed E-state index contributed by atoms with van der Waals surface area (Å²) in [6.45, 7) is 4.21. The van der Waals surface area contributed by atoms with Gasteiger partial charge in [0.15, 0.2) is 6.10 Å². The molecule has 0 aromatic heterocycles. The number of cyclic esters (lactones) is 1. The van der Waals surface area contributed by atoms with E-state index in [9.17, 15) is 9.59 Å². The van der Waals surface area contributed by atoms with Gasteiger partial charge in [0, 0.05) is 31.9 Å². The van der Waals surface area contributed by atoms with Gasteiger partial charge in [-0.15, -0.1) is 0 Å². The lowest BCUT2D eigenvalue weighted by atomic mass is 10.0. The number of para-hydroxylation sites is 1. The van der Waals surface area contributed by atoms with Crippen LogP contribution < -0.4 is 14.6 Å². The summed E-state index contributed by atoms with van der Waals surface area (Å²) >= 11 is 0. The van der Waals surface area contributed by atoms with Gasteiger partial charge in [-0.25, -0.2) is 14.8 Å². The van der Waals surface area contributed by atoms with E-state index in [-0.39, 0.29) is 12.0 Å². The highest BCUT2D eigenvalue weighted by molar-refractivity contribution is 5.97. The molecule has 0 N–H and O–H groups in total. The monoisotopic (exact) mass is 436 g/mol. The quantitative estimate of drug-likeness (QED) is 0.734. The number of amides is 2. The summed E-state index contributed by atoms with van der Waals surface area (Å²) in [6, 6.07) is 15.5. The summed E-state index contributed by atoms with van der Waals surface area (Å²) in [4.78, 5) is 29.5. The third kappa shape index (κ3) is 4.03. The van der Waals surface area contributed by atoms with E-state index in [4.69, 9.17) is 9.47 Å². The first-order valence-corrected chi connectivity index (χ1v) is 11.2. The molecule has 2 aromatic carbocycles. The number of anilines is 2. The average molecular weight is 437 g/mol. The second-order valence-electron chi connectivity index (χ2n) is 8.44. The first-order chi connectivity index (χ1) is 15.6. The van der Waals surface area contributed by atoms with Crippen LogP contribution in [0.25, 0.3) is 0 Å². The first-order valence-electron chi connectivity index (χ1n) is 11.2. The van der Waals surface area contributed by atoms with Crippen LogP contribution in [0.1, 0.15) is 12.0 Å². The molecule has 2 amide bonds. The summed E-state index contributed by atoms with van der Waals surface area (Å²) in [5, 5.41) is 3.88. The van der Waals surface area contributed by atoms with Gasteiger partial charge in [-0.3, -0.25) is 9.69 Å². The topological polar surface area (TPSA) is 65.6 Å². The molecule has 3 heterocycles. The molecule has 32 heavy (non-hydrogen) atoms. The Morgan fingerprint density at radius 2 is 1.75 bits per heavy atom. The standard InChI is InChI=1S/C24H28N4O4/c1-25-12-14-26(15-13-25)28(20-9-7-19(8-10-20)27-16-17-31-24(27)30)23(29)22-11-6-18-4-2-3-5-21(18)32-22/h2-5,7-10,22H,6,11-17H2,1H3. The predicted molar refractivity (Wildman–Crippen MR) is 121 cm³/mol. The molecular weight excluding hydrogens is 408 g/mol. The fourth-order valence-electron chi connectivity index (χ4n) is 4.46. The molecule has 3 aliphatic rings. The van der Waals surface area contributed by atoms with Crippen LogP contribution in [0.5, 0.6) is 5.75 Å². The van der Waals surface area contributed by atoms with Crippen molar-refractivity contribution in [3.63, 3.8) is 0 Å². The van der Waals surface area contributed by atoms with Crippen molar-refractivity contribution in [3.05, 3.63) is 54.1 Å². The molecule has 2 fully saturated rings. The Balaban J connectivity index is 1.40. The Hall–Kier alpha value is -3.10. The van der Waals surface area contributed by atoms with Crippen molar-refractivity contribution < 1.29 is 19.1 Å². The van der Waals surface area contributed by atoms with Gasteiger partial charge in [-0.1, -0.05) is 18.2 Å². The molecule has 0 saturated carbocycles. The molecule has 1 atom stereocenters. The third-order valence-corrected chi connectivity index (χ3v) is 6.33. The maximum absolute atomic E-state index is 13.7. The Bertz CT molecular complexity index is 988. The molecule has 8 nitrogen and oxygen atoms in total. The SMILES string of the molecule is CN1CCN(N(C(=O)C2CCc3ccccc3O2)c2ccc(N3CCOC3=O)cc2)CC1. The van der Waals surface area contributed by atoms with E-state index in [0.29, 0.717) is 19.6 Å². The smallest absolute Gasteiger partial charge is 0.414 e. The van der Waals surface area contributed by atoms with Crippen LogP contribution in [-0.2, 0) is 16.0 Å². The van der Waals surface area contributed by atoms with Crippen molar-refractivity contribution in [2.45, 2.75) is 18.9 Å². The molecule has 0 spiro atoms. The number of hydrogen-bond acceptors (Lipinski definition) is 6. The number of hydrogen-bond donors (Lipinski definition) is 0. The van der Waals surface area contributed by atoms with Gasteiger partial charge >= 0.3 is 6.09 Å². The molecular formula is C24H28N4O4. The Morgan fingerprint density at radius 3 is 2.47 bits per heavy atom. The highest BCUT2D eigenvalue weighted by Crippen LogP contribution is 2.30. The number of fused-ring (bicyclic) bond motifs is 1. The van der Waals surface area contributed by atoms with E-state index < -0.39 is 6.10 Å². The van der Waals surface area contributed by atoms with Crippen LogP contribution in [0.15, 0.2) is 48.5 Å². The van der Waals surface area contributed by atoms with Crippen molar-refractivity contribution in [2.75, 3.05) is 56.3 Å². The number of piperazine rings is 1. The minimum atomic E-state index is -0.530. The predicted octanol–water partition coefficient (Wildman–Crippen LogP) is 2.53. The molecule has 1 unspecified atom stereocenters. The Morgan fingerprint density at radius 1 is 1.00 bits per heavy atom. The summed E-state index contributed by atoms with van der Waals surface area (Å²) in [5.41, 5.74) is 2.69. The fourth-order valence-corrected chi connectivity index (χ4v) is 4.46. The van der Waals surface area contributed by atoms with Crippen molar-refractivity contribution in [1.29, 1.82) is 0 Å². The number of aryl methyl sites for hydroxylation is 1. The number of rotatable bonds is 4. The van der Waals surface area contributed by atoms with E-state index >= 15 is 0 Å². The molecule has 5 rings (SSSR count). The summed E-state index contributed by atoms with van der Waals surface area (Å²) in [7, 11) is 2.09. The molecule has 8 heteroatoms. The number of benzene rings is 2. The number of hydrazine groups is 1. The Labute approximate surface area is 187 Å². The van der Waals surface area contributed by atoms with Crippen LogP contribution in [-0.4, -0.2) is 74.4 Å². The number of carbonyl (C=O) groups is 2. The maximum atomic E-state index is 13.7. The number of likely N-dealkylation sites (N-methyl/N-ethyl adjacent to an activating group) is 1. The van der Waals surface area contributed by atoms with E-state index in [1.54, 1.807) is 9.91 Å². The normalized spacial score (nSPS) is 21.6. The van der Waals surface area contributed by atoms with Crippen molar-refractivity contribution in [2.24, 2.45) is 0 Å². The van der Waals surface area contributed by atoms with Crippen LogP contribution in [0.3, 0.4) is 0 Å². The molecule has 3 aliphatic heterocycles. The van der Waals surface area contributed by atoms with Gasteiger partial charge in [0.25, 0.3) is 5.91 Å². The van der Waals surface area contributed by atoms with Crippen molar-refractivity contribution >= 4 is 23.4 Å². The molecule has 0 bridgehead atoms. The number of ether oxygens (including phenoxy) is 2. The van der Waals surface area contributed by atoms with E-state index in [1.165, 1.54) is 0 Å². The number of nitrogens with zero attached hydrogens (tertiary/aromatic N) is 4. The summed E-state index contributed by atoms with van der Waals surface area (Å²) in [5.74, 6) is 0.732. The minimum absolute atomic E-state index is 0.0580. The van der Waals surface area contributed by atoms with Gasteiger partial charge in [0.1, 0.15) is 12.4 Å². The van der Waals surface area contributed by atoms with E-state index in [2.05, 4.69) is 23.0 Å². The zero-order valence-corrected chi connectivity index (χ0v) is 18.3. The van der Waals surface area contributed by atoms with Gasteiger partial charge in [-0.2, -0.15) is 0 Å². The number of carbonyl (C=O) groups excluding carboxylic acids is 2.